The van der Waals surface area contributed by atoms with Gasteiger partial charge in [-0.25, -0.2) is 4.79 Å². The number of aliphatic carboxylic acids is 2. The topological polar surface area (TPSA) is 188 Å². The molecule has 0 aliphatic rings. The first kappa shape index (κ1) is 29.9. The lowest BCUT2D eigenvalue weighted by Gasteiger charge is -2.26. The van der Waals surface area contributed by atoms with Gasteiger partial charge in [-0.2, -0.15) is 12.6 Å². The van der Waals surface area contributed by atoms with Crippen LogP contribution >= 0.6 is 12.6 Å². The van der Waals surface area contributed by atoms with Crippen molar-refractivity contribution in [1.82, 2.24) is 16.0 Å². The van der Waals surface area contributed by atoms with E-state index in [-0.39, 0.29) is 24.5 Å². The van der Waals surface area contributed by atoms with E-state index in [4.69, 9.17) is 15.9 Å². The van der Waals surface area contributed by atoms with E-state index < -0.39 is 60.2 Å². The van der Waals surface area contributed by atoms with Gasteiger partial charge < -0.3 is 31.9 Å². The molecule has 0 spiro atoms. The molecule has 194 valence electrons. The summed E-state index contributed by atoms with van der Waals surface area (Å²) in [6.45, 7) is 3.69. The Morgan fingerprint density at radius 1 is 0.914 bits per heavy atom. The highest BCUT2D eigenvalue weighted by Crippen LogP contribution is 2.09. The third kappa shape index (κ3) is 10.4. The second-order valence-corrected chi connectivity index (χ2v) is 8.60. The van der Waals surface area contributed by atoms with Crippen LogP contribution in [0.15, 0.2) is 30.3 Å². The van der Waals surface area contributed by atoms with E-state index in [0.29, 0.717) is 6.42 Å². The highest BCUT2D eigenvalue weighted by Gasteiger charge is 2.31. The van der Waals surface area contributed by atoms with Gasteiger partial charge in [0, 0.05) is 18.6 Å². The molecule has 0 heterocycles. The zero-order valence-corrected chi connectivity index (χ0v) is 20.7. The number of carbonyl (C=O) groups excluding carboxylic acids is 3. The van der Waals surface area contributed by atoms with Crippen LogP contribution < -0.4 is 21.7 Å². The SMILES string of the molecule is CCC(C)C(N)C(=O)NC(Cc1ccccc1)C(=O)NC(CCC(=O)O)C(=O)NC(CS)C(=O)O. The number of carboxylic acids is 2. The number of rotatable bonds is 15. The second kappa shape index (κ2) is 15.0. The van der Waals surface area contributed by atoms with Crippen molar-refractivity contribution < 1.29 is 34.2 Å². The number of carbonyl (C=O) groups is 5. The van der Waals surface area contributed by atoms with E-state index in [1.54, 1.807) is 30.3 Å². The molecule has 0 aromatic heterocycles. The molecule has 0 saturated carbocycles. The number of benzene rings is 1. The lowest BCUT2D eigenvalue weighted by atomic mass is 9.98. The van der Waals surface area contributed by atoms with Crippen LogP contribution in [0.4, 0.5) is 0 Å². The van der Waals surface area contributed by atoms with Crippen LogP contribution in [0.5, 0.6) is 0 Å². The van der Waals surface area contributed by atoms with Gasteiger partial charge in [0.05, 0.1) is 6.04 Å². The van der Waals surface area contributed by atoms with Gasteiger partial charge in [-0.15, -0.1) is 0 Å². The van der Waals surface area contributed by atoms with Crippen LogP contribution in [-0.2, 0) is 30.4 Å². The fourth-order valence-corrected chi connectivity index (χ4v) is 3.35. The van der Waals surface area contributed by atoms with Crippen molar-refractivity contribution in [3.63, 3.8) is 0 Å². The number of nitrogens with one attached hydrogen (secondary N) is 3. The largest absolute Gasteiger partial charge is 0.481 e. The maximum absolute atomic E-state index is 13.2. The number of hydrogen-bond donors (Lipinski definition) is 7. The molecule has 0 fully saturated rings. The summed E-state index contributed by atoms with van der Waals surface area (Å²) < 4.78 is 0. The van der Waals surface area contributed by atoms with Gasteiger partial charge in [0.25, 0.3) is 0 Å². The fourth-order valence-electron chi connectivity index (χ4n) is 3.11. The monoisotopic (exact) mass is 510 g/mol. The summed E-state index contributed by atoms with van der Waals surface area (Å²) in [7, 11) is 0. The van der Waals surface area contributed by atoms with Crippen LogP contribution in [-0.4, -0.2) is 69.8 Å². The van der Waals surface area contributed by atoms with Crippen molar-refractivity contribution in [1.29, 1.82) is 0 Å². The van der Waals surface area contributed by atoms with Gasteiger partial charge in [-0.3, -0.25) is 19.2 Å². The molecule has 0 radical (unpaired) electrons. The summed E-state index contributed by atoms with van der Waals surface area (Å²) in [5.41, 5.74) is 6.74. The van der Waals surface area contributed by atoms with Crippen molar-refractivity contribution in [3.8, 4) is 0 Å². The predicted molar refractivity (Wildman–Crippen MR) is 132 cm³/mol. The normalized spacial score (nSPS) is 15.1. The molecular weight excluding hydrogens is 476 g/mol. The lowest BCUT2D eigenvalue weighted by molar-refractivity contribution is -0.142. The molecule has 1 rings (SSSR count). The van der Waals surface area contributed by atoms with Gasteiger partial charge >= 0.3 is 11.9 Å². The van der Waals surface area contributed by atoms with Crippen LogP contribution in [0.1, 0.15) is 38.7 Å². The van der Waals surface area contributed by atoms with Crippen molar-refractivity contribution >= 4 is 42.3 Å². The maximum Gasteiger partial charge on any atom is 0.327 e. The molecule has 1 aromatic carbocycles. The van der Waals surface area contributed by atoms with E-state index in [0.717, 1.165) is 5.56 Å². The molecule has 12 heteroatoms. The van der Waals surface area contributed by atoms with Crippen LogP contribution in [0.3, 0.4) is 0 Å². The summed E-state index contributed by atoms with van der Waals surface area (Å²) in [4.78, 5) is 60.9. The molecule has 5 unspecified atom stereocenters. The average Bonchev–Trinajstić information content (AvgIpc) is 2.83. The molecule has 5 atom stereocenters. The van der Waals surface area contributed by atoms with Gasteiger partial charge in [0.2, 0.25) is 17.7 Å². The van der Waals surface area contributed by atoms with E-state index >= 15 is 0 Å². The molecule has 11 nitrogen and oxygen atoms in total. The van der Waals surface area contributed by atoms with Gasteiger partial charge in [0.1, 0.15) is 18.1 Å². The third-order valence-electron chi connectivity index (χ3n) is 5.55. The Morgan fingerprint density at radius 3 is 1.97 bits per heavy atom. The number of hydrogen-bond acceptors (Lipinski definition) is 7. The Bertz CT molecular complexity index is 884. The minimum absolute atomic E-state index is 0.0906. The first-order chi connectivity index (χ1) is 16.5. The third-order valence-corrected chi connectivity index (χ3v) is 5.92. The van der Waals surface area contributed by atoms with E-state index in [1.807, 2.05) is 13.8 Å². The highest BCUT2D eigenvalue weighted by molar-refractivity contribution is 7.80. The van der Waals surface area contributed by atoms with Crippen LogP contribution in [0.2, 0.25) is 0 Å². The highest BCUT2D eigenvalue weighted by atomic mass is 32.1. The predicted octanol–water partition coefficient (Wildman–Crippen LogP) is -0.0639. The zero-order valence-electron chi connectivity index (χ0n) is 19.8. The molecule has 1 aromatic rings. The maximum atomic E-state index is 13.2. The first-order valence-electron chi connectivity index (χ1n) is 11.3. The van der Waals surface area contributed by atoms with Crippen molar-refractivity contribution in [3.05, 3.63) is 35.9 Å². The summed E-state index contributed by atoms with van der Waals surface area (Å²) in [6.07, 6.45) is 0.000534. The average molecular weight is 511 g/mol. The smallest absolute Gasteiger partial charge is 0.327 e. The minimum Gasteiger partial charge on any atom is -0.481 e. The van der Waals surface area contributed by atoms with Gasteiger partial charge in [-0.1, -0.05) is 50.6 Å². The minimum atomic E-state index is -1.35. The number of carboxylic acid groups (broad SMARTS) is 2. The Kier molecular flexibility index (Phi) is 12.8. The van der Waals surface area contributed by atoms with Crippen LogP contribution in [0.25, 0.3) is 0 Å². The Morgan fingerprint density at radius 2 is 1.46 bits per heavy atom. The van der Waals surface area contributed by atoms with Gasteiger partial charge in [-0.05, 0) is 17.9 Å². The van der Waals surface area contributed by atoms with Crippen LogP contribution in [0, 0.1) is 5.92 Å². The molecule has 0 aliphatic carbocycles. The molecule has 7 N–H and O–H groups in total. The Labute approximate surface area is 209 Å². The lowest BCUT2D eigenvalue weighted by Crippen LogP contribution is -2.58. The first-order valence-corrected chi connectivity index (χ1v) is 11.9. The number of amides is 3. The standard InChI is InChI=1S/C23H34N4O7S/c1-3-13(2)19(24)22(32)26-16(11-14-7-5-4-6-8-14)21(31)25-15(9-10-18(28)29)20(30)27-17(12-35)23(33)34/h4-8,13,15-17,19,35H,3,9-12,24H2,1-2H3,(H,25,31)(H,26,32)(H,27,30)(H,28,29)(H,33,34). The van der Waals surface area contributed by atoms with Gasteiger partial charge in [0.15, 0.2) is 0 Å². The van der Waals surface area contributed by atoms with Crippen molar-refractivity contribution in [2.75, 3.05) is 5.75 Å². The van der Waals surface area contributed by atoms with E-state index in [2.05, 4.69) is 28.6 Å². The fraction of sp³-hybridized carbons (Fsp3) is 0.522. The quantitative estimate of drug-likeness (QED) is 0.160. The van der Waals surface area contributed by atoms with Crippen molar-refractivity contribution in [2.45, 2.75) is 63.7 Å². The number of nitrogens with two attached hydrogens (primary N) is 1. The summed E-state index contributed by atoms with van der Waals surface area (Å²) in [5.74, 6) is -5.02. The molecule has 0 aliphatic heterocycles. The number of thiol groups is 1. The van der Waals surface area contributed by atoms with E-state index in [9.17, 15) is 24.0 Å². The van der Waals surface area contributed by atoms with Crippen molar-refractivity contribution in [2.24, 2.45) is 11.7 Å². The molecular formula is C23H34N4O7S. The molecule has 0 bridgehead atoms. The Balaban J connectivity index is 3.12. The molecule has 3 amide bonds. The van der Waals surface area contributed by atoms with E-state index in [1.165, 1.54) is 0 Å². The molecule has 0 saturated heterocycles. The Hall–Kier alpha value is -3.12. The second-order valence-electron chi connectivity index (χ2n) is 8.24. The molecule has 35 heavy (non-hydrogen) atoms. The summed E-state index contributed by atoms with van der Waals surface area (Å²) in [6, 6.07) is 4.21. The summed E-state index contributed by atoms with van der Waals surface area (Å²) in [5, 5.41) is 25.5. The summed E-state index contributed by atoms with van der Waals surface area (Å²) >= 11 is 3.89. The zero-order chi connectivity index (χ0) is 26.5.